The van der Waals surface area contributed by atoms with Gasteiger partial charge in [0.05, 0.1) is 18.9 Å². The first kappa shape index (κ1) is 20.1. The minimum absolute atomic E-state index is 0.0129. The van der Waals surface area contributed by atoms with E-state index in [2.05, 4.69) is 5.32 Å². The van der Waals surface area contributed by atoms with Crippen molar-refractivity contribution in [3.05, 3.63) is 95.6 Å². The van der Waals surface area contributed by atoms with E-state index in [0.717, 1.165) is 23.1 Å². The molecule has 0 spiro atoms. The average Bonchev–Trinajstić information content (AvgIpc) is 2.81. The van der Waals surface area contributed by atoms with Crippen LogP contribution < -0.4 is 5.32 Å². The van der Waals surface area contributed by atoms with E-state index in [0.29, 0.717) is 18.9 Å². The van der Waals surface area contributed by atoms with Gasteiger partial charge in [-0.05, 0) is 29.7 Å². The van der Waals surface area contributed by atoms with Crippen LogP contribution in [-0.4, -0.2) is 24.2 Å². The van der Waals surface area contributed by atoms with Gasteiger partial charge in [0, 0.05) is 17.9 Å². The van der Waals surface area contributed by atoms with Gasteiger partial charge < -0.3 is 19.9 Å². The fourth-order valence-electron chi connectivity index (χ4n) is 3.67. The van der Waals surface area contributed by atoms with Gasteiger partial charge in [-0.2, -0.15) is 0 Å². The van der Waals surface area contributed by atoms with Crippen LogP contribution >= 0.6 is 0 Å². The molecule has 5 heteroatoms. The van der Waals surface area contributed by atoms with E-state index in [1.54, 1.807) is 18.2 Å². The lowest BCUT2D eigenvalue weighted by Crippen LogP contribution is -2.19. The summed E-state index contributed by atoms with van der Waals surface area (Å²) in [5.41, 5.74) is 3.27. The Kier molecular flexibility index (Phi) is 6.42. The summed E-state index contributed by atoms with van der Waals surface area (Å²) in [6, 6.07) is 25.0. The van der Waals surface area contributed by atoms with Crippen LogP contribution in [0.3, 0.4) is 0 Å². The summed E-state index contributed by atoms with van der Waals surface area (Å²) in [5, 5.41) is 13.1. The molecule has 5 nitrogen and oxygen atoms in total. The van der Waals surface area contributed by atoms with Crippen molar-refractivity contribution < 1.29 is 19.4 Å². The maximum absolute atomic E-state index is 12.9. The first-order chi connectivity index (χ1) is 14.7. The van der Waals surface area contributed by atoms with Crippen LogP contribution in [0, 0.1) is 0 Å². The van der Waals surface area contributed by atoms with Gasteiger partial charge in [0.2, 0.25) is 5.91 Å². The summed E-state index contributed by atoms with van der Waals surface area (Å²) in [6.45, 7) is 1.26. The van der Waals surface area contributed by atoms with Crippen molar-refractivity contribution in [3.8, 4) is 5.75 Å². The summed E-state index contributed by atoms with van der Waals surface area (Å²) in [4.78, 5) is 12.9. The first-order valence-corrected chi connectivity index (χ1v) is 10.2. The van der Waals surface area contributed by atoms with Gasteiger partial charge in [-0.3, -0.25) is 4.79 Å². The van der Waals surface area contributed by atoms with E-state index in [-0.39, 0.29) is 24.0 Å². The highest BCUT2D eigenvalue weighted by Gasteiger charge is 2.21. The Bertz CT molecular complexity index is 929. The van der Waals surface area contributed by atoms with Gasteiger partial charge in [-0.25, -0.2) is 0 Å². The Morgan fingerprint density at radius 1 is 0.933 bits per heavy atom. The van der Waals surface area contributed by atoms with Crippen molar-refractivity contribution in [1.29, 1.82) is 0 Å². The van der Waals surface area contributed by atoms with Gasteiger partial charge in [0.25, 0.3) is 0 Å². The van der Waals surface area contributed by atoms with E-state index in [4.69, 9.17) is 9.47 Å². The second-order valence-corrected chi connectivity index (χ2v) is 7.33. The van der Waals surface area contributed by atoms with Gasteiger partial charge >= 0.3 is 0 Å². The summed E-state index contributed by atoms with van der Waals surface area (Å²) < 4.78 is 11.3. The topological polar surface area (TPSA) is 67.8 Å². The molecular formula is C25H25NO4. The van der Waals surface area contributed by atoms with Crippen molar-refractivity contribution in [2.75, 3.05) is 18.5 Å². The molecule has 1 heterocycles. The molecule has 30 heavy (non-hydrogen) atoms. The number of carbonyl (C=O) groups excluding carboxylic acids is 1. The lowest BCUT2D eigenvalue weighted by Gasteiger charge is -2.24. The van der Waals surface area contributed by atoms with Crippen molar-refractivity contribution in [2.45, 2.75) is 25.0 Å². The molecule has 1 amide bonds. The number of phenolic OH excluding ortho intramolecular Hbond substituents is 1. The van der Waals surface area contributed by atoms with Crippen molar-refractivity contribution in [1.82, 2.24) is 0 Å². The highest BCUT2D eigenvalue weighted by atomic mass is 16.7. The standard InChI is InChI=1S/C25H25NO4/c27-23-13-12-20(25-29-14-7-15-30-25)16-22(23)26-24(28)17-21(18-8-3-1-4-9-18)19-10-5-2-6-11-19/h1-6,8-13,16,21,25,27H,7,14-15,17H2,(H,26,28). The lowest BCUT2D eigenvalue weighted by atomic mass is 9.88. The zero-order valence-corrected chi connectivity index (χ0v) is 16.7. The molecule has 1 saturated heterocycles. The number of anilines is 1. The zero-order valence-electron chi connectivity index (χ0n) is 16.7. The Labute approximate surface area is 176 Å². The molecule has 1 aliphatic rings. The van der Waals surface area contributed by atoms with Crippen molar-refractivity contribution in [3.63, 3.8) is 0 Å². The molecule has 0 aromatic heterocycles. The summed E-state index contributed by atoms with van der Waals surface area (Å²) in [7, 11) is 0. The summed E-state index contributed by atoms with van der Waals surface area (Å²) in [6.07, 6.45) is 0.642. The van der Waals surface area contributed by atoms with Crippen molar-refractivity contribution in [2.24, 2.45) is 0 Å². The Morgan fingerprint density at radius 3 is 2.13 bits per heavy atom. The summed E-state index contributed by atoms with van der Waals surface area (Å²) >= 11 is 0. The Morgan fingerprint density at radius 2 is 1.53 bits per heavy atom. The van der Waals surface area contributed by atoms with E-state index in [1.165, 1.54) is 0 Å². The number of benzene rings is 3. The second-order valence-electron chi connectivity index (χ2n) is 7.33. The van der Waals surface area contributed by atoms with Gasteiger partial charge in [0.15, 0.2) is 6.29 Å². The number of rotatable bonds is 6. The quantitative estimate of drug-likeness (QED) is 0.569. The predicted octanol–water partition coefficient (Wildman–Crippen LogP) is 4.99. The number of aromatic hydroxyl groups is 1. The number of nitrogens with one attached hydrogen (secondary N) is 1. The van der Waals surface area contributed by atoms with Crippen LogP contribution in [0.1, 0.15) is 41.7 Å². The number of hydrogen-bond acceptors (Lipinski definition) is 4. The number of hydrogen-bond donors (Lipinski definition) is 2. The molecule has 0 bridgehead atoms. The molecule has 0 unspecified atom stereocenters. The Balaban J connectivity index is 1.52. The number of phenols is 1. The third kappa shape index (κ3) is 4.87. The van der Waals surface area contributed by atoms with Crippen LogP contribution in [0.25, 0.3) is 0 Å². The monoisotopic (exact) mass is 403 g/mol. The molecular weight excluding hydrogens is 378 g/mol. The molecule has 2 N–H and O–H groups in total. The van der Waals surface area contributed by atoms with E-state index < -0.39 is 6.29 Å². The molecule has 0 radical (unpaired) electrons. The Hall–Kier alpha value is -3.15. The van der Waals surface area contributed by atoms with E-state index in [1.807, 2.05) is 60.7 Å². The molecule has 0 atom stereocenters. The SMILES string of the molecule is O=C(CC(c1ccccc1)c1ccccc1)Nc1cc(C2OCCCO2)ccc1O. The smallest absolute Gasteiger partial charge is 0.225 e. The predicted molar refractivity (Wildman–Crippen MR) is 115 cm³/mol. The molecule has 0 aliphatic carbocycles. The average molecular weight is 403 g/mol. The normalized spacial score (nSPS) is 14.6. The minimum Gasteiger partial charge on any atom is -0.506 e. The fraction of sp³-hybridized carbons (Fsp3) is 0.240. The molecule has 0 saturated carbocycles. The largest absolute Gasteiger partial charge is 0.506 e. The van der Waals surface area contributed by atoms with Crippen LogP contribution in [-0.2, 0) is 14.3 Å². The number of ether oxygens (including phenoxy) is 2. The lowest BCUT2D eigenvalue weighted by molar-refractivity contribution is -0.183. The fourth-order valence-corrected chi connectivity index (χ4v) is 3.67. The van der Waals surface area contributed by atoms with E-state index >= 15 is 0 Å². The third-order valence-electron chi connectivity index (χ3n) is 5.19. The van der Waals surface area contributed by atoms with Gasteiger partial charge in [-0.15, -0.1) is 0 Å². The second kappa shape index (κ2) is 9.57. The third-order valence-corrected chi connectivity index (χ3v) is 5.19. The maximum Gasteiger partial charge on any atom is 0.225 e. The minimum atomic E-state index is -0.476. The maximum atomic E-state index is 12.9. The number of amides is 1. The highest BCUT2D eigenvalue weighted by Crippen LogP contribution is 2.32. The van der Waals surface area contributed by atoms with E-state index in [9.17, 15) is 9.90 Å². The molecule has 154 valence electrons. The zero-order chi connectivity index (χ0) is 20.8. The van der Waals surface area contributed by atoms with Gasteiger partial charge in [-0.1, -0.05) is 66.7 Å². The molecule has 4 rings (SSSR count). The van der Waals surface area contributed by atoms with Crippen molar-refractivity contribution >= 4 is 11.6 Å². The number of carbonyl (C=O) groups is 1. The van der Waals surface area contributed by atoms with Crippen LogP contribution in [0.15, 0.2) is 78.9 Å². The first-order valence-electron chi connectivity index (χ1n) is 10.2. The molecule has 1 fully saturated rings. The molecule has 1 aliphatic heterocycles. The molecule has 3 aromatic carbocycles. The molecule has 3 aromatic rings. The van der Waals surface area contributed by atoms with Gasteiger partial charge in [0.1, 0.15) is 5.75 Å². The van der Waals surface area contributed by atoms with Crippen LogP contribution in [0.4, 0.5) is 5.69 Å². The summed E-state index contributed by atoms with van der Waals surface area (Å²) in [5.74, 6) is -0.243. The van der Waals surface area contributed by atoms with Crippen LogP contribution in [0.5, 0.6) is 5.75 Å². The highest BCUT2D eigenvalue weighted by molar-refractivity contribution is 5.93. The van der Waals surface area contributed by atoms with Crippen LogP contribution in [0.2, 0.25) is 0 Å².